The van der Waals surface area contributed by atoms with Crippen molar-refractivity contribution in [3.63, 3.8) is 0 Å². The fourth-order valence-electron chi connectivity index (χ4n) is 2.60. The number of rotatable bonds is 4. The van der Waals surface area contributed by atoms with Crippen LogP contribution in [0.3, 0.4) is 0 Å². The lowest BCUT2D eigenvalue weighted by Crippen LogP contribution is -2.66. The molecule has 2 aliphatic rings. The number of aliphatic hydroxyl groups is 7. The summed E-state index contributed by atoms with van der Waals surface area (Å²) >= 11 is 0. The van der Waals surface area contributed by atoms with E-state index in [1.54, 1.807) is 0 Å². The van der Waals surface area contributed by atoms with Crippen LogP contribution in [0.1, 0.15) is 0 Å². The molecule has 9 N–H and O–H groups in total. The smallest absolute Gasteiger partial charge is 0.187 e. The maximum Gasteiger partial charge on any atom is 0.187 e. The van der Waals surface area contributed by atoms with Gasteiger partial charge < -0.3 is 55.7 Å². The number of ether oxygens (including phenoxy) is 3. The molecule has 2 rings (SSSR count). The van der Waals surface area contributed by atoms with Crippen LogP contribution in [0.2, 0.25) is 0 Å². The Bertz CT molecular complexity index is 383. The van der Waals surface area contributed by atoms with E-state index in [2.05, 4.69) is 0 Å². The maximum absolute atomic E-state index is 10.1. The van der Waals surface area contributed by atoms with Crippen molar-refractivity contribution in [1.82, 2.24) is 0 Å². The van der Waals surface area contributed by atoms with Crippen LogP contribution >= 0.6 is 0 Å². The highest BCUT2D eigenvalue weighted by molar-refractivity contribution is 4.94. The second-order valence-corrected chi connectivity index (χ2v) is 5.61. The summed E-state index contributed by atoms with van der Waals surface area (Å²) in [6, 6.07) is -1.23. The molecule has 23 heavy (non-hydrogen) atoms. The van der Waals surface area contributed by atoms with E-state index in [0.29, 0.717) is 0 Å². The van der Waals surface area contributed by atoms with E-state index >= 15 is 0 Å². The largest absolute Gasteiger partial charge is 0.394 e. The third kappa shape index (κ3) is 3.65. The lowest BCUT2D eigenvalue weighted by atomic mass is 9.96. The van der Waals surface area contributed by atoms with Crippen molar-refractivity contribution in [2.45, 2.75) is 61.3 Å². The monoisotopic (exact) mass is 341 g/mol. The Hall–Kier alpha value is -0.440. The minimum absolute atomic E-state index is 0.622. The average molecular weight is 341 g/mol. The number of nitrogens with two attached hydrogens (primary N) is 1. The van der Waals surface area contributed by atoms with Gasteiger partial charge in [-0.05, 0) is 0 Å². The Kier molecular flexibility index (Phi) is 6.27. The quantitative estimate of drug-likeness (QED) is 0.243. The predicted octanol–water partition coefficient (Wildman–Crippen LogP) is -5.43. The zero-order chi connectivity index (χ0) is 17.3. The minimum atomic E-state index is -1.68. The topological polar surface area (TPSA) is 195 Å². The van der Waals surface area contributed by atoms with Gasteiger partial charge in [-0.2, -0.15) is 0 Å². The molecule has 0 aromatic heterocycles. The Morgan fingerprint density at radius 1 is 0.783 bits per heavy atom. The number of hydrogen-bond donors (Lipinski definition) is 8. The van der Waals surface area contributed by atoms with E-state index in [-0.39, 0.29) is 0 Å². The van der Waals surface area contributed by atoms with Crippen LogP contribution in [0.25, 0.3) is 0 Å². The van der Waals surface area contributed by atoms with Crippen molar-refractivity contribution >= 4 is 0 Å². The normalized spacial score (nSPS) is 51.7. The van der Waals surface area contributed by atoms with Gasteiger partial charge in [-0.15, -0.1) is 0 Å². The summed E-state index contributed by atoms with van der Waals surface area (Å²) < 4.78 is 15.5. The zero-order valence-corrected chi connectivity index (χ0v) is 12.1. The molecule has 0 saturated carbocycles. The molecule has 2 aliphatic heterocycles. The molecule has 0 aromatic rings. The highest BCUT2D eigenvalue weighted by Crippen LogP contribution is 2.27. The molecule has 11 heteroatoms. The fraction of sp³-hybridized carbons (Fsp3) is 1.00. The van der Waals surface area contributed by atoms with Gasteiger partial charge in [-0.3, -0.25) is 0 Å². The second kappa shape index (κ2) is 7.63. The van der Waals surface area contributed by atoms with Crippen LogP contribution < -0.4 is 5.73 Å². The molecular weight excluding hydrogens is 318 g/mol. The van der Waals surface area contributed by atoms with Crippen molar-refractivity contribution in [2.75, 3.05) is 13.2 Å². The average Bonchev–Trinajstić information content (AvgIpc) is 2.55. The number of aliphatic hydroxyl groups excluding tert-OH is 7. The van der Waals surface area contributed by atoms with Crippen molar-refractivity contribution in [3.05, 3.63) is 0 Å². The molecule has 0 aliphatic carbocycles. The third-order valence-electron chi connectivity index (χ3n) is 4.06. The molecule has 10 atom stereocenters. The standard InChI is InChI=1S/C12H23NO10/c13-5-7(17)10(4(2-15)21-11(5)20)23-12-9(19)8(18)6(16)3(1-14)22-12/h3-12,14-20H,1-2,13H2/t3?,4?,5?,6-,7+,8-,9?,10+,11+,12-/m0/s1. The summed E-state index contributed by atoms with van der Waals surface area (Å²) in [7, 11) is 0. The van der Waals surface area contributed by atoms with Gasteiger partial charge in [0.1, 0.15) is 42.7 Å². The zero-order valence-electron chi connectivity index (χ0n) is 12.1. The Morgan fingerprint density at radius 2 is 1.39 bits per heavy atom. The molecule has 2 heterocycles. The van der Waals surface area contributed by atoms with Gasteiger partial charge >= 0.3 is 0 Å². The Morgan fingerprint density at radius 3 is 1.96 bits per heavy atom. The van der Waals surface area contributed by atoms with Gasteiger partial charge in [0.15, 0.2) is 12.6 Å². The van der Waals surface area contributed by atoms with Crippen molar-refractivity contribution < 1.29 is 50.0 Å². The lowest BCUT2D eigenvalue weighted by Gasteiger charge is -2.45. The Balaban J connectivity index is 2.11. The molecular formula is C12H23NO10. The highest BCUT2D eigenvalue weighted by atomic mass is 16.7. The lowest BCUT2D eigenvalue weighted by molar-refractivity contribution is -0.344. The molecule has 4 unspecified atom stereocenters. The van der Waals surface area contributed by atoms with Gasteiger partial charge in [-0.25, -0.2) is 0 Å². The van der Waals surface area contributed by atoms with E-state index in [0.717, 1.165) is 0 Å². The molecule has 2 saturated heterocycles. The predicted molar refractivity (Wildman–Crippen MR) is 70.6 cm³/mol. The SMILES string of the molecule is NC1[C@H](O)OC(CO)[C@@H](O[C@@H]2OC(CO)[C@H](O)[C@H](O)C2O)[C@@H]1O. The second-order valence-electron chi connectivity index (χ2n) is 5.61. The van der Waals surface area contributed by atoms with E-state index in [1.807, 2.05) is 0 Å². The molecule has 136 valence electrons. The van der Waals surface area contributed by atoms with Gasteiger partial charge in [0.2, 0.25) is 0 Å². The maximum atomic E-state index is 10.1. The molecule has 0 spiro atoms. The van der Waals surface area contributed by atoms with Crippen LogP contribution in [0, 0.1) is 0 Å². The minimum Gasteiger partial charge on any atom is -0.394 e. The van der Waals surface area contributed by atoms with Gasteiger partial charge in [-0.1, -0.05) is 0 Å². The van der Waals surface area contributed by atoms with Crippen molar-refractivity contribution in [3.8, 4) is 0 Å². The van der Waals surface area contributed by atoms with Crippen LogP contribution in [-0.2, 0) is 14.2 Å². The fourth-order valence-corrected chi connectivity index (χ4v) is 2.60. The van der Waals surface area contributed by atoms with Crippen LogP contribution in [0.15, 0.2) is 0 Å². The summed E-state index contributed by atoms with van der Waals surface area (Å²) in [5.41, 5.74) is 5.55. The first kappa shape index (κ1) is 18.9. The summed E-state index contributed by atoms with van der Waals surface area (Å²) in [5.74, 6) is 0. The molecule has 0 radical (unpaired) electrons. The van der Waals surface area contributed by atoms with Gasteiger partial charge in [0.05, 0.1) is 19.3 Å². The molecule has 2 fully saturated rings. The van der Waals surface area contributed by atoms with Crippen LogP contribution in [0.4, 0.5) is 0 Å². The summed E-state index contributed by atoms with van der Waals surface area (Å²) in [6.45, 7) is -1.26. The number of hydrogen-bond acceptors (Lipinski definition) is 11. The third-order valence-corrected chi connectivity index (χ3v) is 4.06. The van der Waals surface area contributed by atoms with Crippen LogP contribution in [0.5, 0.6) is 0 Å². The summed E-state index contributed by atoms with van der Waals surface area (Å²) in [5, 5.41) is 67.3. The molecule has 0 amide bonds. The molecule has 11 nitrogen and oxygen atoms in total. The van der Waals surface area contributed by atoms with E-state index in [4.69, 9.17) is 25.1 Å². The van der Waals surface area contributed by atoms with Crippen molar-refractivity contribution in [2.24, 2.45) is 5.73 Å². The Labute approximate surface area is 131 Å². The molecule has 0 aromatic carbocycles. The van der Waals surface area contributed by atoms with Gasteiger partial charge in [0.25, 0.3) is 0 Å². The first-order valence-corrected chi connectivity index (χ1v) is 7.15. The molecule has 0 bridgehead atoms. The first-order chi connectivity index (χ1) is 10.8. The van der Waals surface area contributed by atoms with E-state index in [9.17, 15) is 30.6 Å². The summed E-state index contributed by atoms with van der Waals surface area (Å²) in [6.07, 6.45) is -13.0. The van der Waals surface area contributed by atoms with Crippen molar-refractivity contribution in [1.29, 1.82) is 0 Å². The van der Waals surface area contributed by atoms with Gasteiger partial charge in [0, 0.05) is 0 Å². The van der Waals surface area contributed by atoms with Crippen LogP contribution in [-0.4, -0.2) is 110 Å². The summed E-state index contributed by atoms with van der Waals surface area (Å²) in [4.78, 5) is 0. The highest BCUT2D eigenvalue weighted by Gasteiger charge is 2.49. The first-order valence-electron chi connectivity index (χ1n) is 7.15. The van der Waals surface area contributed by atoms with E-state index < -0.39 is 74.6 Å². The van der Waals surface area contributed by atoms with E-state index in [1.165, 1.54) is 0 Å².